The number of hydrogen-bond acceptors (Lipinski definition) is 3. The summed E-state index contributed by atoms with van der Waals surface area (Å²) in [6.45, 7) is 5.34. The van der Waals surface area contributed by atoms with Crippen molar-refractivity contribution in [3.05, 3.63) is 0 Å². The van der Waals surface area contributed by atoms with Crippen LogP contribution in [0, 0.1) is 5.92 Å². The number of rotatable bonds is 2. The molecule has 2 fully saturated rings. The van der Waals surface area contributed by atoms with Crippen molar-refractivity contribution in [3.63, 3.8) is 0 Å². The molecule has 2 rings (SSSR count). The quantitative estimate of drug-likeness (QED) is 0.810. The summed E-state index contributed by atoms with van der Waals surface area (Å²) in [5.41, 5.74) is -0.710. The van der Waals surface area contributed by atoms with Crippen LogP contribution >= 0.6 is 0 Å². The first-order valence-electron chi connectivity index (χ1n) is 7.85. The van der Waals surface area contributed by atoms with E-state index in [-0.39, 0.29) is 6.03 Å². The average Bonchev–Trinajstić information content (AvgIpc) is 2.45. The molecule has 2 aliphatic heterocycles. The molecule has 0 radical (unpaired) electrons. The molecular weight excluding hydrogens is 272 g/mol. The van der Waals surface area contributed by atoms with Crippen LogP contribution in [-0.4, -0.2) is 63.3 Å². The van der Waals surface area contributed by atoms with Gasteiger partial charge >= 0.3 is 12.0 Å². The second-order valence-electron chi connectivity index (χ2n) is 6.61. The number of likely N-dealkylation sites (tertiary alicyclic amines) is 2. The molecule has 21 heavy (non-hydrogen) atoms. The van der Waals surface area contributed by atoms with E-state index in [1.165, 1.54) is 4.90 Å². The fourth-order valence-electron chi connectivity index (χ4n) is 3.23. The van der Waals surface area contributed by atoms with E-state index in [1.807, 2.05) is 0 Å². The third-order valence-electron chi connectivity index (χ3n) is 4.93. The minimum absolute atomic E-state index is 0.188. The van der Waals surface area contributed by atoms with Crippen LogP contribution in [0.5, 0.6) is 0 Å². The number of nitrogens with zero attached hydrogens (tertiary/aromatic N) is 2. The first kappa shape index (κ1) is 16.1. The largest absolute Gasteiger partial charge is 0.480 e. The zero-order valence-corrected chi connectivity index (χ0v) is 12.9. The van der Waals surface area contributed by atoms with E-state index in [0.717, 1.165) is 12.8 Å². The Morgan fingerprint density at radius 1 is 1.24 bits per heavy atom. The van der Waals surface area contributed by atoms with Gasteiger partial charge in [-0.1, -0.05) is 13.3 Å². The molecule has 0 spiro atoms. The molecule has 6 nitrogen and oxygen atoms in total. The molecule has 0 aliphatic carbocycles. The third-order valence-corrected chi connectivity index (χ3v) is 4.93. The van der Waals surface area contributed by atoms with E-state index in [9.17, 15) is 19.8 Å². The Hall–Kier alpha value is -1.30. The SMILES string of the molecule is CCC1CCN(C(=O)N2CCC(C)(O)CC2)C(C(=O)O)C1. The molecule has 2 amide bonds. The highest BCUT2D eigenvalue weighted by Crippen LogP contribution is 2.28. The summed E-state index contributed by atoms with van der Waals surface area (Å²) >= 11 is 0. The van der Waals surface area contributed by atoms with Crippen LogP contribution in [-0.2, 0) is 4.79 Å². The van der Waals surface area contributed by atoms with Crippen molar-refractivity contribution in [2.75, 3.05) is 19.6 Å². The van der Waals surface area contributed by atoms with Gasteiger partial charge in [-0.2, -0.15) is 0 Å². The molecule has 0 aromatic carbocycles. The Labute approximate surface area is 125 Å². The van der Waals surface area contributed by atoms with Gasteiger partial charge in [0.2, 0.25) is 0 Å². The normalized spacial score (nSPS) is 29.3. The van der Waals surface area contributed by atoms with Crippen molar-refractivity contribution >= 4 is 12.0 Å². The molecular formula is C15H26N2O4. The molecule has 2 N–H and O–H groups in total. The lowest BCUT2D eigenvalue weighted by Crippen LogP contribution is -2.57. The molecule has 0 bridgehead atoms. The second kappa shape index (κ2) is 6.22. The van der Waals surface area contributed by atoms with Gasteiger partial charge in [-0.05, 0) is 38.5 Å². The van der Waals surface area contributed by atoms with Crippen LogP contribution in [0.4, 0.5) is 4.79 Å². The summed E-state index contributed by atoms with van der Waals surface area (Å²) in [4.78, 5) is 27.2. The van der Waals surface area contributed by atoms with E-state index in [2.05, 4.69) is 6.92 Å². The predicted molar refractivity (Wildman–Crippen MR) is 78.0 cm³/mol. The van der Waals surface area contributed by atoms with E-state index >= 15 is 0 Å². The van der Waals surface area contributed by atoms with Crippen LogP contribution < -0.4 is 0 Å². The lowest BCUT2D eigenvalue weighted by atomic mass is 9.89. The highest BCUT2D eigenvalue weighted by molar-refractivity contribution is 5.83. The maximum absolute atomic E-state index is 12.6. The summed E-state index contributed by atoms with van der Waals surface area (Å²) in [6.07, 6.45) is 3.46. The van der Waals surface area contributed by atoms with Gasteiger partial charge in [0.25, 0.3) is 0 Å². The van der Waals surface area contributed by atoms with E-state index in [1.54, 1.807) is 11.8 Å². The van der Waals surface area contributed by atoms with Crippen molar-refractivity contribution in [2.45, 2.75) is 57.6 Å². The fraction of sp³-hybridized carbons (Fsp3) is 0.867. The molecule has 0 saturated carbocycles. The Morgan fingerprint density at radius 3 is 2.38 bits per heavy atom. The van der Waals surface area contributed by atoms with Crippen LogP contribution in [0.3, 0.4) is 0 Å². The average molecular weight is 298 g/mol. The van der Waals surface area contributed by atoms with E-state index < -0.39 is 17.6 Å². The van der Waals surface area contributed by atoms with Crippen molar-refractivity contribution in [1.29, 1.82) is 0 Å². The predicted octanol–water partition coefficient (Wildman–Crippen LogP) is 1.53. The number of urea groups is 1. The molecule has 2 unspecified atom stereocenters. The molecule has 0 aromatic rings. The highest BCUT2D eigenvalue weighted by Gasteiger charge is 2.39. The minimum atomic E-state index is -0.912. The van der Waals surface area contributed by atoms with Crippen LogP contribution in [0.1, 0.15) is 46.0 Å². The van der Waals surface area contributed by atoms with Gasteiger partial charge in [0.1, 0.15) is 6.04 Å². The third kappa shape index (κ3) is 3.67. The van der Waals surface area contributed by atoms with Crippen LogP contribution in [0.15, 0.2) is 0 Å². The topological polar surface area (TPSA) is 81.1 Å². The zero-order valence-electron chi connectivity index (χ0n) is 12.9. The number of carbonyl (C=O) groups is 2. The smallest absolute Gasteiger partial charge is 0.326 e. The molecule has 2 heterocycles. The lowest BCUT2D eigenvalue weighted by molar-refractivity contribution is -0.144. The van der Waals surface area contributed by atoms with Gasteiger partial charge in [0.05, 0.1) is 5.60 Å². The Bertz CT molecular complexity index is 400. The zero-order chi connectivity index (χ0) is 15.6. The van der Waals surface area contributed by atoms with Crippen molar-refractivity contribution < 1.29 is 19.8 Å². The van der Waals surface area contributed by atoms with E-state index in [4.69, 9.17) is 0 Å². The van der Waals surface area contributed by atoms with Crippen molar-refractivity contribution in [3.8, 4) is 0 Å². The Balaban J connectivity index is 2.02. The van der Waals surface area contributed by atoms with Crippen LogP contribution in [0.25, 0.3) is 0 Å². The molecule has 2 atom stereocenters. The highest BCUT2D eigenvalue weighted by atomic mass is 16.4. The Morgan fingerprint density at radius 2 is 1.86 bits per heavy atom. The number of carboxylic acids is 1. The number of aliphatic hydroxyl groups is 1. The lowest BCUT2D eigenvalue weighted by Gasteiger charge is -2.42. The monoisotopic (exact) mass is 298 g/mol. The first-order chi connectivity index (χ1) is 9.84. The van der Waals surface area contributed by atoms with Gasteiger partial charge in [0, 0.05) is 19.6 Å². The summed E-state index contributed by atoms with van der Waals surface area (Å²) in [5, 5.41) is 19.3. The summed E-state index contributed by atoms with van der Waals surface area (Å²) < 4.78 is 0. The van der Waals surface area contributed by atoms with Gasteiger partial charge in [0.15, 0.2) is 0 Å². The minimum Gasteiger partial charge on any atom is -0.480 e. The second-order valence-corrected chi connectivity index (χ2v) is 6.61. The van der Waals surface area contributed by atoms with Crippen molar-refractivity contribution in [2.24, 2.45) is 5.92 Å². The maximum Gasteiger partial charge on any atom is 0.326 e. The number of carbonyl (C=O) groups excluding carboxylic acids is 1. The van der Waals surface area contributed by atoms with Gasteiger partial charge in [-0.3, -0.25) is 0 Å². The molecule has 0 aromatic heterocycles. The first-order valence-corrected chi connectivity index (χ1v) is 7.85. The summed E-state index contributed by atoms with van der Waals surface area (Å²) in [6, 6.07) is -0.897. The molecule has 2 aliphatic rings. The summed E-state index contributed by atoms with van der Waals surface area (Å²) in [5.74, 6) is -0.525. The van der Waals surface area contributed by atoms with Crippen LogP contribution in [0.2, 0.25) is 0 Å². The number of carboxylic acid groups (broad SMARTS) is 1. The van der Waals surface area contributed by atoms with Gasteiger partial charge in [-0.25, -0.2) is 9.59 Å². The fourth-order valence-corrected chi connectivity index (χ4v) is 3.23. The Kier molecular flexibility index (Phi) is 4.76. The number of amides is 2. The number of piperidine rings is 2. The van der Waals surface area contributed by atoms with Gasteiger partial charge < -0.3 is 20.0 Å². The van der Waals surface area contributed by atoms with Gasteiger partial charge in [-0.15, -0.1) is 0 Å². The number of aliphatic carboxylic acids is 1. The maximum atomic E-state index is 12.6. The molecule has 2 saturated heterocycles. The molecule has 6 heteroatoms. The summed E-state index contributed by atoms with van der Waals surface area (Å²) in [7, 11) is 0. The molecule has 120 valence electrons. The van der Waals surface area contributed by atoms with Crippen molar-refractivity contribution in [1.82, 2.24) is 9.80 Å². The standard InChI is InChI=1S/C15H26N2O4/c1-3-11-4-7-17(12(10-11)13(18)19)14(20)16-8-5-15(2,21)6-9-16/h11-12,21H,3-10H2,1-2H3,(H,18,19). The van der Waals surface area contributed by atoms with E-state index in [0.29, 0.717) is 44.8 Å². The number of hydrogen-bond donors (Lipinski definition) is 2.